The number of nitrogens with one attached hydrogen (secondary N) is 2. The molecule has 1 aromatic rings. The van der Waals surface area contributed by atoms with Gasteiger partial charge in [0.1, 0.15) is 6.04 Å². The normalized spacial score (nSPS) is 18.9. The summed E-state index contributed by atoms with van der Waals surface area (Å²) >= 11 is 0. The van der Waals surface area contributed by atoms with E-state index in [2.05, 4.69) is 15.7 Å². The van der Waals surface area contributed by atoms with E-state index in [1.54, 1.807) is 7.05 Å². The van der Waals surface area contributed by atoms with Gasteiger partial charge in [-0.05, 0) is 0 Å². The van der Waals surface area contributed by atoms with Crippen LogP contribution in [0.3, 0.4) is 0 Å². The summed E-state index contributed by atoms with van der Waals surface area (Å²) in [6, 6.07) is -0.556. The lowest BCUT2D eigenvalue weighted by Gasteiger charge is -2.19. The minimum atomic E-state index is -3.49. The Bertz CT molecular complexity index is 655. The van der Waals surface area contributed by atoms with E-state index >= 15 is 0 Å². The van der Waals surface area contributed by atoms with Crippen molar-refractivity contribution in [2.45, 2.75) is 38.8 Å². The monoisotopic (exact) mass is 300 g/mol. The Hall–Kier alpha value is -1.41. The van der Waals surface area contributed by atoms with Crippen LogP contribution in [-0.2, 0) is 26.8 Å². The summed E-state index contributed by atoms with van der Waals surface area (Å²) in [5.74, 6) is -0.192. The van der Waals surface area contributed by atoms with E-state index in [-0.39, 0.29) is 11.3 Å². The molecular weight excluding hydrogens is 280 g/mol. The van der Waals surface area contributed by atoms with E-state index in [0.29, 0.717) is 23.5 Å². The van der Waals surface area contributed by atoms with Crippen LogP contribution < -0.4 is 10.6 Å². The van der Waals surface area contributed by atoms with Crippen molar-refractivity contribution in [1.29, 1.82) is 0 Å². The van der Waals surface area contributed by atoms with Crippen LogP contribution in [0.1, 0.15) is 43.8 Å². The molecule has 0 saturated carbocycles. The average molecular weight is 300 g/mol. The van der Waals surface area contributed by atoms with Gasteiger partial charge >= 0.3 is 0 Å². The van der Waals surface area contributed by atoms with Crippen LogP contribution >= 0.6 is 0 Å². The molecule has 2 rings (SSSR count). The summed E-state index contributed by atoms with van der Waals surface area (Å²) in [6.45, 7) is 6.15. The van der Waals surface area contributed by atoms with Crippen molar-refractivity contribution in [1.82, 2.24) is 19.8 Å². The number of rotatable bonds is 2. The summed E-state index contributed by atoms with van der Waals surface area (Å²) < 4.78 is 24.7. The van der Waals surface area contributed by atoms with Crippen molar-refractivity contribution in [2.75, 3.05) is 13.3 Å². The standard InChI is InChI=1S/C12H20N4O3S/c1-12(2,3)10-8-7(16(15-10)20(5,18)19)6-14-9(8)11(17)13-4/h9,14H,6H2,1-5H3,(H,13,17)/t9-/m1/s1. The lowest BCUT2D eigenvalue weighted by atomic mass is 9.87. The number of carbonyl (C=O) groups excluding carboxylic acids is 1. The van der Waals surface area contributed by atoms with Gasteiger partial charge in [0.25, 0.3) is 10.0 Å². The molecule has 0 radical (unpaired) electrons. The van der Waals surface area contributed by atoms with Gasteiger partial charge in [0.05, 0.1) is 17.6 Å². The Kier molecular flexibility index (Phi) is 3.42. The molecule has 7 nitrogen and oxygen atoms in total. The first-order valence-corrected chi connectivity index (χ1v) is 8.20. The molecule has 1 atom stereocenters. The lowest BCUT2D eigenvalue weighted by molar-refractivity contribution is -0.122. The molecule has 2 heterocycles. The van der Waals surface area contributed by atoms with Crippen molar-refractivity contribution in [3.8, 4) is 0 Å². The van der Waals surface area contributed by atoms with Gasteiger partial charge in [-0.1, -0.05) is 20.8 Å². The Morgan fingerprint density at radius 3 is 2.50 bits per heavy atom. The number of amides is 1. The first kappa shape index (κ1) is 15.0. The molecule has 0 fully saturated rings. The summed E-state index contributed by atoms with van der Waals surface area (Å²) in [5, 5.41) is 9.88. The highest BCUT2D eigenvalue weighted by Gasteiger charge is 2.39. The fraction of sp³-hybridized carbons (Fsp3) is 0.667. The predicted octanol–water partition coefficient (Wildman–Crippen LogP) is -0.121. The number of likely N-dealkylation sites (N-methyl/N-ethyl adjacent to an activating group) is 1. The molecule has 0 bridgehead atoms. The molecular formula is C12H20N4O3S. The first-order valence-electron chi connectivity index (χ1n) is 6.35. The van der Waals surface area contributed by atoms with Gasteiger partial charge in [0.15, 0.2) is 0 Å². The lowest BCUT2D eigenvalue weighted by Crippen LogP contribution is -2.33. The predicted molar refractivity (Wildman–Crippen MR) is 74.8 cm³/mol. The Morgan fingerprint density at radius 2 is 2.05 bits per heavy atom. The molecule has 1 amide bonds. The number of carbonyl (C=O) groups is 1. The zero-order valence-corrected chi connectivity index (χ0v) is 13.1. The third-order valence-corrected chi connectivity index (χ3v) is 4.21. The summed E-state index contributed by atoms with van der Waals surface area (Å²) in [4.78, 5) is 12.0. The number of fused-ring (bicyclic) bond motifs is 1. The van der Waals surface area contributed by atoms with Crippen molar-refractivity contribution < 1.29 is 13.2 Å². The fourth-order valence-corrected chi connectivity index (χ4v) is 3.20. The van der Waals surface area contributed by atoms with E-state index in [0.717, 1.165) is 10.3 Å². The first-order chi connectivity index (χ1) is 9.07. The molecule has 0 aromatic carbocycles. The van der Waals surface area contributed by atoms with E-state index in [4.69, 9.17) is 0 Å². The highest BCUT2D eigenvalue weighted by Crippen LogP contribution is 2.35. The fourth-order valence-electron chi connectivity index (χ4n) is 2.41. The quantitative estimate of drug-likeness (QED) is 0.794. The summed E-state index contributed by atoms with van der Waals surface area (Å²) in [7, 11) is -1.93. The molecule has 112 valence electrons. The van der Waals surface area contributed by atoms with E-state index in [9.17, 15) is 13.2 Å². The van der Waals surface area contributed by atoms with Crippen LogP contribution in [0.5, 0.6) is 0 Å². The number of nitrogens with zero attached hydrogens (tertiary/aromatic N) is 2. The molecule has 0 unspecified atom stereocenters. The molecule has 1 aliphatic heterocycles. The topological polar surface area (TPSA) is 93.1 Å². The minimum Gasteiger partial charge on any atom is -0.358 e. The van der Waals surface area contributed by atoms with Crippen molar-refractivity contribution >= 4 is 15.9 Å². The van der Waals surface area contributed by atoms with Gasteiger partial charge in [-0.3, -0.25) is 10.1 Å². The maximum atomic E-state index is 12.0. The van der Waals surface area contributed by atoms with Crippen LogP contribution in [0.2, 0.25) is 0 Å². The molecule has 0 aliphatic carbocycles. The number of hydrogen-bond donors (Lipinski definition) is 2. The van der Waals surface area contributed by atoms with Crippen LogP contribution in [0, 0.1) is 0 Å². The van der Waals surface area contributed by atoms with Crippen LogP contribution in [0.15, 0.2) is 0 Å². The van der Waals surface area contributed by atoms with Gasteiger partial charge in [0, 0.05) is 24.6 Å². The Balaban J connectivity index is 2.70. The molecule has 8 heteroatoms. The zero-order valence-electron chi connectivity index (χ0n) is 12.3. The van der Waals surface area contributed by atoms with Crippen LogP contribution in [0.4, 0.5) is 0 Å². The summed E-state index contributed by atoms with van der Waals surface area (Å²) in [5.41, 5.74) is 1.52. The Labute approximate surface area is 118 Å². The summed E-state index contributed by atoms with van der Waals surface area (Å²) in [6.07, 6.45) is 1.11. The Morgan fingerprint density at radius 1 is 1.45 bits per heavy atom. The molecule has 0 saturated heterocycles. The molecule has 1 aromatic heterocycles. The van der Waals surface area contributed by atoms with E-state index < -0.39 is 16.1 Å². The van der Waals surface area contributed by atoms with Gasteiger partial charge in [0.2, 0.25) is 5.91 Å². The van der Waals surface area contributed by atoms with Crippen LogP contribution in [-0.4, -0.2) is 36.8 Å². The van der Waals surface area contributed by atoms with Gasteiger partial charge < -0.3 is 5.32 Å². The number of hydrogen-bond acceptors (Lipinski definition) is 5. The minimum absolute atomic E-state index is 0.192. The largest absolute Gasteiger partial charge is 0.358 e. The van der Waals surface area contributed by atoms with E-state index in [1.807, 2.05) is 20.8 Å². The van der Waals surface area contributed by atoms with Crippen molar-refractivity contribution in [2.24, 2.45) is 0 Å². The number of aromatic nitrogens is 2. The molecule has 1 aliphatic rings. The SMILES string of the molecule is CNC(=O)[C@@H]1NCc2c1c(C(C)(C)C)nn2S(C)(=O)=O. The smallest absolute Gasteiger partial charge is 0.251 e. The molecule has 20 heavy (non-hydrogen) atoms. The van der Waals surface area contributed by atoms with Gasteiger partial charge in [-0.2, -0.15) is 9.19 Å². The second kappa shape index (κ2) is 4.56. The van der Waals surface area contributed by atoms with Crippen LogP contribution in [0.25, 0.3) is 0 Å². The second-order valence-electron chi connectivity index (χ2n) is 5.99. The zero-order chi connectivity index (χ0) is 15.3. The molecule has 2 N–H and O–H groups in total. The second-order valence-corrected chi connectivity index (χ2v) is 7.81. The average Bonchev–Trinajstić information content (AvgIpc) is 2.83. The van der Waals surface area contributed by atoms with Crippen molar-refractivity contribution in [3.63, 3.8) is 0 Å². The maximum Gasteiger partial charge on any atom is 0.251 e. The van der Waals surface area contributed by atoms with Gasteiger partial charge in [-0.25, -0.2) is 8.42 Å². The van der Waals surface area contributed by atoms with E-state index in [1.165, 1.54) is 0 Å². The van der Waals surface area contributed by atoms with Gasteiger partial charge in [-0.15, -0.1) is 0 Å². The highest BCUT2D eigenvalue weighted by atomic mass is 32.2. The third-order valence-electron chi connectivity index (χ3n) is 3.28. The highest BCUT2D eigenvalue weighted by molar-refractivity contribution is 7.89. The maximum absolute atomic E-state index is 12.0. The molecule has 0 spiro atoms. The third kappa shape index (κ3) is 2.33. The van der Waals surface area contributed by atoms with Crippen molar-refractivity contribution in [3.05, 3.63) is 17.0 Å².